The van der Waals surface area contributed by atoms with Crippen LogP contribution in [0.2, 0.25) is 0 Å². The summed E-state index contributed by atoms with van der Waals surface area (Å²) in [5.41, 5.74) is 0. The second kappa shape index (κ2) is 6.47. The summed E-state index contributed by atoms with van der Waals surface area (Å²) in [6.07, 6.45) is 1.20. The number of carbonyl (C=O) groups is 1. The monoisotopic (exact) mass is 169 g/mol. The topological polar surface area (TPSA) is 64.9 Å². The van der Waals surface area contributed by atoms with Crippen LogP contribution < -0.4 is 10.6 Å². The average Bonchev–Trinajstić information content (AvgIpc) is 1.97. The number of unbranched alkanes of at least 4 members (excludes halogenated alkanes) is 1. The third kappa shape index (κ3) is 6.87. The lowest BCUT2D eigenvalue weighted by molar-refractivity contribution is 0.238. The van der Waals surface area contributed by atoms with Gasteiger partial charge in [-0.05, 0) is 20.3 Å². The van der Waals surface area contributed by atoms with Gasteiger partial charge in [-0.1, -0.05) is 0 Å². The van der Waals surface area contributed by atoms with Crippen molar-refractivity contribution in [2.75, 3.05) is 6.54 Å². The standard InChI is InChI=1S/C8H15N3O/c1-7(2)11-8(12)10-6-4-3-5-9/h7H,3-4,6H2,1-2H3,(H2,10,11,12). The summed E-state index contributed by atoms with van der Waals surface area (Å²) in [6.45, 7) is 4.36. The Morgan fingerprint density at radius 1 is 1.58 bits per heavy atom. The lowest BCUT2D eigenvalue weighted by atomic mass is 10.3. The lowest BCUT2D eigenvalue weighted by Crippen LogP contribution is -2.39. The van der Waals surface area contributed by atoms with Crippen LogP contribution in [0, 0.1) is 11.3 Å². The largest absolute Gasteiger partial charge is 0.338 e. The molecule has 0 bridgehead atoms. The molecule has 0 unspecified atom stereocenters. The highest BCUT2D eigenvalue weighted by atomic mass is 16.2. The molecule has 0 heterocycles. The van der Waals surface area contributed by atoms with Gasteiger partial charge in [-0.15, -0.1) is 0 Å². The van der Waals surface area contributed by atoms with Crippen molar-refractivity contribution in [2.24, 2.45) is 0 Å². The van der Waals surface area contributed by atoms with Gasteiger partial charge in [0, 0.05) is 19.0 Å². The normalized spacial score (nSPS) is 9.17. The van der Waals surface area contributed by atoms with Crippen LogP contribution in [0.15, 0.2) is 0 Å². The van der Waals surface area contributed by atoms with E-state index in [1.807, 2.05) is 19.9 Å². The first-order valence-corrected chi connectivity index (χ1v) is 4.08. The molecule has 2 amide bonds. The SMILES string of the molecule is CC(C)NC(=O)NCCCC#N. The summed E-state index contributed by atoms with van der Waals surface area (Å²) >= 11 is 0. The fourth-order valence-electron chi connectivity index (χ4n) is 0.683. The van der Waals surface area contributed by atoms with E-state index in [1.165, 1.54) is 0 Å². The van der Waals surface area contributed by atoms with Crippen LogP contribution in [0.4, 0.5) is 4.79 Å². The Bertz CT molecular complexity index is 172. The van der Waals surface area contributed by atoms with E-state index in [0.717, 1.165) is 0 Å². The molecule has 0 spiro atoms. The molecule has 0 aromatic heterocycles. The highest BCUT2D eigenvalue weighted by Crippen LogP contribution is 1.83. The summed E-state index contributed by atoms with van der Waals surface area (Å²) in [7, 11) is 0. The number of amides is 2. The molecule has 0 saturated heterocycles. The zero-order chi connectivity index (χ0) is 9.40. The molecule has 0 saturated carbocycles. The van der Waals surface area contributed by atoms with E-state index < -0.39 is 0 Å². The third-order valence-electron chi connectivity index (χ3n) is 1.17. The predicted octanol–water partition coefficient (Wildman–Crippen LogP) is 0.998. The molecular formula is C8H15N3O. The molecule has 2 N–H and O–H groups in total. The van der Waals surface area contributed by atoms with Crippen LogP contribution in [-0.4, -0.2) is 18.6 Å². The highest BCUT2D eigenvalue weighted by molar-refractivity contribution is 5.73. The molecule has 4 heteroatoms. The van der Waals surface area contributed by atoms with Crippen molar-refractivity contribution < 1.29 is 4.79 Å². The summed E-state index contributed by atoms with van der Waals surface area (Å²) in [5, 5.41) is 13.5. The van der Waals surface area contributed by atoms with Gasteiger partial charge >= 0.3 is 6.03 Å². The fourth-order valence-corrected chi connectivity index (χ4v) is 0.683. The zero-order valence-electron chi connectivity index (χ0n) is 7.55. The van der Waals surface area contributed by atoms with Crippen LogP contribution >= 0.6 is 0 Å². The van der Waals surface area contributed by atoms with E-state index in [-0.39, 0.29) is 12.1 Å². The van der Waals surface area contributed by atoms with E-state index in [2.05, 4.69) is 10.6 Å². The molecule has 0 fully saturated rings. The molecule has 0 aromatic rings. The van der Waals surface area contributed by atoms with Gasteiger partial charge in [-0.25, -0.2) is 4.79 Å². The minimum absolute atomic E-state index is 0.154. The molecule has 0 aliphatic heterocycles. The number of rotatable bonds is 4. The van der Waals surface area contributed by atoms with Crippen molar-refractivity contribution in [3.05, 3.63) is 0 Å². The van der Waals surface area contributed by atoms with Crippen molar-refractivity contribution in [3.63, 3.8) is 0 Å². The van der Waals surface area contributed by atoms with Gasteiger partial charge in [-0.3, -0.25) is 0 Å². The number of carbonyl (C=O) groups excluding carboxylic acids is 1. The van der Waals surface area contributed by atoms with Crippen LogP contribution in [0.25, 0.3) is 0 Å². The van der Waals surface area contributed by atoms with Crippen molar-refractivity contribution in [1.29, 1.82) is 5.26 Å². The van der Waals surface area contributed by atoms with E-state index in [9.17, 15) is 4.79 Å². The Balaban J connectivity index is 3.27. The first-order chi connectivity index (χ1) is 5.66. The van der Waals surface area contributed by atoms with Gasteiger partial charge in [0.05, 0.1) is 6.07 Å². The molecule has 0 aromatic carbocycles. The number of nitriles is 1. The number of nitrogens with one attached hydrogen (secondary N) is 2. The van der Waals surface area contributed by atoms with Crippen LogP contribution in [-0.2, 0) is 0 Å². The van der Waals surface area contributed by atoms with E-state index >= 15 is 0 Å². The maximum atomic E-state index is 10.9. The number of hydrogen-bond acceptors (Lipinski definition) is 2. The molecule has 0 radical (unpaired) electrons. The Labute approximate surface area is 72.9 Å². The summed E-state index contributed by atoms with van der Waals surface area (Å²) in [5.74, 6) is 0. The average molecular weight is 169 g/mol. The van der Waals surface area contributed by atoms with E-state index in [4.69, 9.17) is 5.26 Å². The molecule has 68 valence electrons. The maximum Gasteiger partial charge on any atom is 0.314 e. The van der Waals surface area contributed by atoms with Gasteiger partial charge in [0.25, 0.3) is 0 Å². The molecule has 0 aliphatic carbocycles. The summed E-state index contributed by atoms with van der Waals surface area (Å²) in [6, 6.07) is 2.00. The molecular weight excluding hydrogens is 154 g/mol. The van der Waals surface area contributed by atoms with Gasteiger partial charge in [0.1, 0.15) is 0 Å². The van der Waals surface area contributed by atoms with Crippen LogP contribution in [0.3, 0.4) is 0 Å². The van der Waals surface area contributed by atoms with Crippen LogP contribution in [0.5, 0.6) is 0 Å². The quantitative estimate of drug-likeness (QED) is 0.616. The van der Waals surface area contributed by atoms with Gasteiger partial charge in [0.15, 0.2) is 0 Å². The minimum atomic E-state index is -0.164. The maximum absolute atomic E-state index is 10.9. The van der Waals surface area contributed by atoms with Gasteiger partial charge in [0.2, 0.25) is 0 Å². The Hall–Kier alpha value is -1.24. The minimum Gasteiger partial charge on any atom is -0.338 e. The van der Waals surface area contributed by atoms with Crippen molar-refractivity contribution >= 4 is 6.03 Å². The third-order valence-corrected chi connectivity index (χ3v) is 1.17. The Kier molecular flexibility index (Phi) is 5.80. The molecule has 0 aliphatic rings. The van der Waals surface area contributed by atoms with Gasteiger partial charge < -0.3 is 10.6 Å². The molecule has 12 heavy (non-hydrogen) atoms. The Morgan fingerprint density at radius 2 is 2.25 bits per heavy atom. The highest BCUT2D eigenvalue weighted by Gasteiger charge is 1.99. The second-order valence-corrected chi connectivity index (χ2v) is 2.82. The van der Waals surface area contributed by atoms with E-state index in [1.54, 1.807) is 0 Å². The number of urea groups is 1. The van der Waals surface area contributed by atoms with E-state index in [0.29, 0.717) is 19.4 Å². The number of nitrogens with zero attached hydrogens (tertiary/aromatic N) is 1. The lowest BCUT2D eigenvalue weighted by Gasteiger charge is -2.08. The predicted molar refractivity (Wildman–Crippen MR) is 46.5 cm³/mol. The van der Waals surface area contributed by atoms with Crippen LogP contribution in [0.1, 0.15) is 26.7 Å². The zero-order valence-corrected chi connectivity index (χ0v) is 7.55. The molecule has 0 atom stereocenters. The second-order valence-electron chi connectivity index (χ2n) is 2.82. The Morgan fingerprint density at radius 3 is 2.75 bits per heavy atom. The smallest absolute Gasteiger partial charge is 0.314 e. The van der Waals surface area contributed by atoms with Crippen molar-refractivity contribution in [2.45, 2.75) is 32.7 Å². The molecule has 4 nitrogen and oxygen atoms in total. The molecule has 0 rings (SSSR count). The first kappa shape index (κ1) is 10.8. The summed E-state index contributed by atoms with van der Waals surface area (Å²) in [4.78, 5) is 10.9. The summed E-state index contributed by atoms with van der Waals surface area (Å²) < 4.78 is 0. The van der Waals surface area contributed by atoms with Crippen molar-refractivity contribution in [1.82, 2.24) is 10.6 Å². The fraction of sp³-hybridized carbons (Fsp3) is 0.750. The number of hydrogen-bond donors (Lipinski definition) is 2. The van der Waals surface area contributed by atoms with Crippen molar-refractivity contribution in [3.8, 4) is 6.07 Å². The first-order valence-electron chi connectivity index (χ1n) is 4.08. The van der Waals surface area contributed by atoms with Gasteiger partial charge in [-0.2, -0.15) is 5.26 Å².